The third kappa shape index (κ3) is 5.73. The number of esters is 1. The highest BCUT2D eigenvalue weighted by molar-refractivity contribution is 6.40. The largest absolute Gasteiger partial charge is 0.456 e. The summed E-state index contributed by atoms with van der Waals surface area (Å²) in [5.74, 6) is -1.40. The lowest BCUT2D eigenvalue weighted by atomic mass is 10.1. The van der Waals surface area contributed by atoms with Crippen molar-refractivity contribution >= 4 is 40.8 Å². The Morgan fingerprint density at radius 3 is 2.48 bits per heavy atom. The van der Waals surface area contributed by atoms with E-state index in [1.165, 1.54) is 12.1 Å². The number of anilines is 1. The number of carbonyl (C=O) groups is 2. The van der Waals surface area contributed by atoms with Gasteiger partial charge in [-0.05, 0) is 42.7 Å². The van der Waals surface area contributed by atoms with E-state index in [0.717, 1.165) is 11.1 Å². The maximum absolute atomic E-state index is 12.8. The number of hydrogen-bond acceptors (Lipinski definition) is 3. The van der Waals surface area contributed by atoms with Gasteiger partial charge in [0.25, 0.3) is 5.91 Å². The Morgan fingerprint density at radius 1 is 1.12 bits per heavy atom. The van der Waals surface area contributed by atoms with Crippen LogP contribution in [0.2, 0.25) is 10.0 Å². The molecular weight excluding hydrogens is 368 g/mol. The lowest BCUT2D eigenvalue weighted by molar-refractivity contribution is -0.147. The highest BCUT2D eigenvalue weighted by atomic mass is 35.5. The predicted molar refractivity (Wildman–Crippen MR) is 95.5 cm³/mol. The van der Waals surface area contributed by atoms with Gasteiger partial charge in [-0.1, -0.05) is 41.4 Å². The van der Waals surface area contributed by atoms with E-state index in [1.807, 2.05) is 0 Å². The van der Waals surface area contributed by atoms with E-state index >= 15 is 0 Å². The van der Waals surface area contributed by atoms with Gasteiger partial charge >= 0.3 is 5.97 Å². The normalized spacial score (nSPS) is 10.4. The molecule has 0 fully saturated rings. The Kier molecular flexibility index (Phi) is 6.79. The molecule has 0 heterocycles. The third-order valence-corrected chi connectivity index (χ3v) is 4.25. The first-order valence-corrected chi connectivity index (χ1v) is 8.27. The van der Waals surface area contributed by atoms with Crippen molar-refractivity contribution in [2.75, 3.05) is 11.9 Å². The molecular formula is C18H16Cl2FNO3. The Balaban J connectivity index is 1.81. The van der Waals surface area contributed by atoms with Gasteiger partial charge in [0.15, 0.2) is 6.61 Å². The van der Waals surface area contributed by atoms with Gasteiger partial charge < -0.3 is 10.1 Å². The number of benzene rings is 2. The van der Waals surface area contributed by atoms with Gasteiger partial charge in [0.2, 0.25) is 0 Å². The molecule has 0 atom stereocenters. The van der Waals surface area contributed by atoms with Crippen LogP contribution in [-0.4, -0.2) is 18.5 Å². The van der Waals surface area contributed by atoms with Crippen molar-refractivity contribution in [2.24, 2.45) is 0 Å². The Hall–Kier alpha value is -2.11. The average molecular weight is 384 g/mol. The zero-order chi connectivity index (χ0) is 18.4. The second kappa shape index (κ2) is 8.83. The summed E-state index contributed by atoms with van der Waals surface area (Å²) in [6, 6.07) is 9.18. The second-order valence-electron chi connectivity index (χ2n) is 5.39. The number of halogens is 3. The van der Waals surface area contributed by atoms with Gasteiger partial charge in [-0.3, -0.25) is 9.59 Å². The van der Waals surface area contributed by atoms with Crippen LogP contribution in [0, 0.1) is 12.7 Å². The predicted octanol–water partition coefficient (Wildman–Crippen LogP) is 4.56. The van der Waals surface area contributed by atoms with Crippen molar-refractivity contribution in [2.45, 2.75) is 19.8 Å². The molecule has 0 radical (unpaired) electrons. The molecule has 0 aliphatic rings. The van der Waals surface area contributed by atoms with E-state index in [9.17, 15) is 14.0 Å². The summed E-state index contributed by atoms with van der Waals surface area (Å²) in [6.45, 7) is 1.34. The molecule has 0 bridgehead atoms. The molecule has 0 aliphatic heterocycles. The first-order chi connectivity index (χ1) is 11.9. The smallest absolute Gasteiger partial charge is 0.306 e. The molecule has 2 rings (SSSR count). The topological polar surface area (TPSA) is 55.4 Å². The maximum atomic E-state index is 12.8. The maximum Gasteiger partial charge on any atom is 0.306 e. The molecule has 7 heteroatoms. The summed E-state index contributed by atoms with van der Waals surface area (Å²) in [6.07, 6.45) is 0.487. The summed E-state index contributed by atoms with van der Waals surface area (Å²) >= 11 is 12.1. The minimum absolute atomic E-state index is 0.0882. The fourth-order valence-corrected chi connectivity index (χ4v) is 2.53. The van der Waals surface area contributed by atoms with Crippen LogP contribution in [0.5, 0.6) is 0 Å². The van der Waals surface area contributed by atoms with Crippen molar-refractivity contribution in [1.29, 1.82) is 0 Å². The lowest BCUT2D eigenvalue weighted by Crippen LogP contribution is -2.21. The molecule has 25 heavy (non-hydrogen) atoms. The number of hydrogen-bond donors (Lipinski definition) is 1. The second-order valence-corrected chi connectivity index (χ2v) is 6.17. The number of aryl methyl sites for hydroxylation is 2. The summed E-state index contributed by atoms with van der Waals surface area (Å²) in [7, 11) is 0. The van der Waals surface area contributed by atoms with Crippen LogP contribution in [0.3, 0.4) is 0 Å². The van der Waals surface area contributed by atoms with Crippen LogP contribution in [-0.2, 0) is 20.7 Å². The van der Waals surface area contributed by atoms with Gasteiger partial charge in [-0.15, -0.1) is 0 Å². The van der Waals surface area contributed by atoms with Crippen molar-refractivity contribution in [3.8, 4) is 0 Å². The average Bonchev–Trinajstić information content (AvgIpc) is 2.59. The molecule has 2 aromatic rings. The van der Waals surface area contributed by atoms with Crippen LogP contribution in [0.15, 0.2) is 36.4 Å². The molecule has 4 nitrogen and oxygen atoms in total. The van der Waals surface area contributed by atoms with Crippen LogP contribution >= 0.6 is 23.2 Å². The van der Waals surface area contributed by atoms with Gasteiger partial charge in [0.1, 0.15) is 5.82 Å². The van der Waals surface area contributed by atoms with Gasteiger partial charge in [0, 0.05) is 6.42 Å². The van der Waals surface area contributed by atoms with Gasteiger partial charge in [-0.2, -0.15) is 0 Å². The monoisotopic (exact) mass is 383 g/mol. The quantitative estimate of drug-likeness (QED) is 0.744. The van der Waals surface area contributed by atoms with E-state index in [1.54, 1.807) is 31.2 Å². The number of amides is 1. The third-order valence-electron chi connectivity index (χ3n) is 3.44. The Morgan fingerprint density at radius 2 is 1.80 bits per heavy atom. The number of nitrogens with one attached hydrogen (secondary N) is 1. The zero-order valence-electron chi connectivity index (χ0n) is 13.4. The van der Waals surface area contributed by atoms with Crippen LogP contribution < -0.4 is 5.32 Å². The molecule has 0 spiro atoms. The first kappa shape index (κ1) is 19.2. The summed E-state index contributed by atoms with van der Waals surface area (Å²) in [5.41, 5.74) is 1.86. The van der Waals surface area contributed by atoms with Crippen molar-refractivity contribution in [1.82, 2.24) is 0 Å². The van der Waals surface area contributed by atoms with Gasteiger partial charge in [-0.25, -0.2) is 4.39 Å². The van der Waals surface area contributed by atoms with Crippen LogP contribution in [0.25, 0.3) is 0 Å². The Labute approximate surface area is 154 Å². The summed E-state index contributed by atoms with van der Waals surface area (Å²) in [4.78, 5) is 23.6. The minimum Gasteiger partial charge on any atom is -0.456 e. The zero-order valence-corrected chi connectivity index (χ0v) is 15.0. The van der Waals surface area contributed by atoms with E-state index < -0.39 is 18.5 Å². The van der Waals surface area contributed by atoms with E-state index in [0.29, 0.717) is 16.5 Å². The molecule has 1 N–H and O–H groups in total. The highest BCUT2D eigenvalue weighted by Crippen LogP contribution is 2.32. The van der Waals surface area contributed by atoms with E-state index in [4.69, 9.17) is 27.9 Å². The summed E-state index contributed by atoms with van der Waals surface area (Å²) < 4.78 is 17.7. The standard InChI is InChI=1S/C18H16Cl2FNO3/c1-11-2-8-14(19)18(17(11)20)22-15(23)10-25-16(24)9-5-12-3-6-13(21)7-4-12/h2-4,6-8H,5,9-10H2,1H3,(H,22,23). The van der Waals surface area contributed by atoms with Crippen LogP contribution in [0.4, 0.5) is 10.1 Å². The number of rotatable bonds is 6. The molecule has 0 unspecified atom stereocenters. The minimum atomic E-state index is -0.537. The molecule has 0 aliphatic carbocycles. The molecule has 2 aromatic carbocycles. The molecule has 1 amide bonds. The Bertz CT molecular complexity index is 779. The highest BCUT2D eigenvalue weighted by Gasteiger charge is 2.13. The molecule has 0 saturated carbocycles. The van der Waals surface area contributed by atoms with E-state index in [-0.39, 0.29) is 17.9 Å². The van der Waals surface area contributed by atoms with Crippen LogP contribution in [0.1, 0.15) is 17.5 Å². The fourth-order valence-electron chi connectivity index (χ4n) is 2.06. The summed E-state index contributed by atoms with van der Waals surface area (Å²) in [5, 5.41) is 3.17. The number of ether oxygens (including phenoxy) is 1. The fraction of sp³-hybridized carbons (Fsp3) is 0.222. The van der Waals surface area contributed by atoms with Crippen molar-refractivity contribution in [3.05, 3.63) is 63.4 Å². The molecule has 0 saturated heterocycles. The van der Waals surface area contributed by atoms with Gasteiger partial charge in [0.05, 0.1) is 15.7 Å². The number of carbonyl (C=O) groups excluding carboxylic acids is 2. The SMILES string of the molecule is Cc1ccc(Cl)c(NC(=O)COC(=O)CCc2ccc(F)cc2)c1Cl. The first-order valence-electron chi connectivity index (χ1n) is 7.51. The molecule has 132 valence electrons. The molecule has 0 aromatic heterocycles. The lowest BCUT2D eigenvalue weighted by Gasteiger charge is -2.11. The van der Waals surface area contributed by atoms with E-state index in [2.05, 4.69) is 5.32 Å². The van der Waals surface area contributed by atoms with Crippen molar-refractivity contribution in [3.63, 3.8) is 0 Å². The van der Waals surface area contributed by atoms with Crippen molar-refractivity contribution < 1.29 is 18.7 Å².